The van der Waals surface area contributed by atoms with E-state index in [4.69, 9.17) is 0 Å². The van der Waals surface area contributed by atoms with Crippen LogP contribution in [0.15, 0.2) is 4.36 Å². The fourth-order valence-corrected chi connectivity index (χ4v) is 1.72. The molecule has 0 aromatic rings. The van der Waals surface area contributed by atoms with E-state index in [1.807, 2.05) is 0 Å². The molecule has 1 saturated heterocycles. The summed E-state index contributed by atoms with van der Waals surface area (Å²) in [7, 11) is 0.0385. The van der Waals surface area contributed by atoms with Gasteiger partial charge in [-0.25, -0.2) is 8.57 Å². The second-order valence-electron chi connectivity index (χ2n) is 1.72. The first kappa shape index (κ1) is 5.09. The Morgan fingerprint density at radius 2 is 2.14 bits per heavy atom. The van der Waals surface area contributed by atoms with Gasteiger partial charge in [-0.15, -0.1) is 0 Å². The maximum absolute atomic E-state index is 10.8. The summed E-state index contributed by atoms with van der Waals surface area (Å²) in [6.07, 6.45) is 1.11. The van der Waals surface area contributed by atoms with Crippen LogP contribution >= 0.6 is 0 Å². The lowest BCUT2D eigenvalue weighted by Gasteiger charge is -2.16. The van der Waals surface area contributed by atoms with Crippen molar-refractivity contribution in [1.82, 2.24) is 0 Å². The summed E-state index contributed by atoms with van der Waals surface area (Å²) in [4.78, 5) is 0. The molecule has 1 rings (SSSR count). The number of nitrogens with zero attached hydrogens (tertiary/aromatic N) is 1. The molecule has 3 heteroatoms. The minimum Gasteiger partial charge on any atom is -0.250 e. The van der Waals surface area contributed by atoms with E-state index in [2.05, 4.69) is 4.36 Å². The highest BCUT2D eigenvalue weighted by atomic mass is 32.2. The van der Waals surface area contributed by atoms with E-state index in [0.717, 1.165) is 17.9 Å². The van der Waals surface area contributed by atoms with E-state index in [1.165, 1.54) is 0 Å². The minimum atomic E-state index is -1.60. The molecule has 1 aliphatic rings. The molecule has 0 aliphatic carbocycles. The van der Waals surface area contributed by atoms with Gasteiger partial charge in [0, 0.05) is 28.3 Å². The largest absolute Gasteiger partial charge is 0.250 e. The quantitative estimate of drug-likeness (QED) is 0.456. The van der Waals surface area contributed by atoms with Gasteiger partial charge in [0.15, 0.2) is 0 Å². The van der Waals surface area contributed by atoms with Crippen LogP contribution in [0.2, 0.25) is 0 Å². The van der Waals surface area contributed by atoms with Crippen molar-refractivity contribution in [1.29, 1.82) is 0 Å². The molecule has 1 heterocycles. The molecule has 0 aromatic carbocycles. The summed E-state index contributed by atoms with van der Waals surface area (Å²) in [6, 6.07) is 0. The third-order valence-electron chi connectivity index (χ3n) is 1.26. The zero-order valence-corrected chi connectivity index (χ0v) is 5.20. The van der Waals surface area contributed by atoms with Gasteiger partial charge < -0.3 is 0 Å². The summed E-state index contributed by atoms with van der Waals surface area (Å²) >= 11 is 0. The Morgan fingerprint density at radius 1 is 1.57 bits per heavy atom. The molecule has 0 atom stereocenters. The predicted molar refractivity (Wildman–Crippen MR) is 30.8 cm³/mol. The maximum Gasteiger partial charge on any atom is 0.0465 e. The summed E-state index contributed by atoms with van der Waals surface area (Å²) in [5.74, 6) is 1.67. The normalized spacial score (nSPS) is 25.9. The molecule has 0 radical (unpaired) electrons. The average molecular weight is 119 g/mol. The van der Waals surface area contributed by atoms with E-state index < -0.39 is 9.73 Å². The topological polar surface area (TPSA) is 29.4 Å². The maximum atomic E-state index is 10.8. The fourth-order valence-electron chi connectivity index (χ4n) is 0.574. The third kappa shape index (κ3) is 0.774. The summed E-state index contributed by atoms with van der Waals surface area (Å²) in [6.45, 7) is 0. The van der Waals surface area contributed by atoms with Crippen molar-refractivity contribution in [3.63, 3.8) is 0 Å². The summed E-state index contributed by atoms with van der Waals surface area (Å²) < 4.78 is 14.6. The number of rotatable bonds is 0. The molecule has 0 amide bonds. The standard InChI is InChI=1S/C4H9NOS/c1-5-7(6)3-2-4-7/h2-4H2,1H3. The third-order valence-corrected chi connectivity index (χ3v) is 3.78. The van der Waals surface area contributed by atoms with Crippen LogP contribution in [0.25, 0.3) is 0 Å². The van der Waals surface area contributed by atoms with Crippen molar-refractivity contribution >= 4 is 9.73 Å². The highest BCUT2D eigenvalue weighted by molar-refractivity contribution is 7.94. The Kier molecular flexibility index (Phi) is 1.07. The van der Waals surface area contributed by atoms with Crippen molar-refractivity contribution in [3.05, 3.63) is 0 Å². The van der Waals surface area contributed by atoms with Gasteiger partial charge in [0.2, 0.25) is 0 Å². The van der Waals surface area contributed by atoms with Gasteiger partial charge in [-0.05, 0) is 6.42 Å². The van der Waals surface area contributed by atoms with Crippen LogP contribution in [0.1, 0.15) is 6.42 Å². The lowest BCUT2D eigenvalue weighted by atomic mass is 10.5. The average Bonchev–Trinajstić information content (AvgIpc) is 1.61. The molecule has 2 nitrogen and oxygen atoms in total. The van der Waals surface area contributed by atoms with Crippen molar-refractivity contribution in [2.75, 3.05) is 18.6 Å². The smallest absolute Gasteiger partial charge is 0.0465 e. The molecule has 0 saturated carbocycles. The van der Waals surface area contributed by atoms with E-state index >= 15 is 0 Å². The highest BCUT2D eigenvalue weighted by Crippen LogP contribution is 2.10. The van der Waals surface area contributed by atoms with Gasteiger partial charge in [0.1, 0.15) is 0 Å². The molecule has 0 aromatic heterocycles. The van der Waals surface area contributed by atoms with E-state index in [9.17, 15) is 4.21 Å². The number of hydrogen-bond acceptors (Lipinski definition) is 2. The van der Waals surface area contributed by atoms with Crippen LogP contribution in [0.4, 0.5) is 0 Å². The monoisotopic (exact) mass is 119 g/mol. The Labute approximate surface area is 44.1 Å². The molecular formula is C4H9NOS. The molecule has 0 N–H and O–H groups in total. The molecule has 7 heavy (non-hydrogen) atoms. The van der Waals surface area contributed by atoms with Crippen LogP contribution in [0.5, 0.6) is 0 Å². The number of hydrogen-bond donors (Lipinski definition) is 0. The predicted octanol–water partition coefficient (Wildman–Crippen LogP) is 0.488. The molecule has 0 unspecified atom stereocenters. The highest BCUT2D eigenvalue weighted by Gasteiger charge is 2.16. The minimum absolute atomic E-state index is 0.837. The molecular weight excluding hydrogens is 110 g/mol. The summed E-state index contributed by atoms with van der Waals surface area (Å²) in [5.41, 5.74) is 0. The lowest BCUT2D eigenvalue weighted by Crippen LogP contribution is -2.22. The Morgan fingerprint density at radius 3 is 2.14 bits per heavy atom. The van der Waals surface area contributed by atoms with E-state index in [1.54, 1.807) is 7.05 Å². The second-order valence-corrected chi connectivity index (χ2v) is 4.44. The van der Waals surface area contributed by atoms with Gasteiger partial charge in [0.25, 0.3) is 0 Å². The van der Waals surface area contributed by atoms with Gasteiger partial charge in [-0.2, -0.15) is 0 Å². The summed E-state index contributed by atoms with van der Waals surface area (Å²) in [5, 5.41) is 0. The molecule has 1 aliphatic heterocycles. The van der Waals surface area contributed by atoms with Crippen molar-refractivity contribution < 1.29 is 4.21 Å². The molecule has 0 bridgehead atoms. The molecule has 42 valence electrons. The van der Waals surface area contributed by atoms with Gasteiger partial charge in [0.05, 0.1) is 0 Å². The first-order chi connectivity index (χ1) is 3.27. The zero-order valence-electron chi connectivity index (χ0n) is 4.39. The van der Waals surface area contributed by atoms with Crippen molar-refractivity contribution in [3.8, 4) is 0 Å². The van der Waals surface area contributed by atoms with Crippen molar-refractivity contribution in [2.45, 2.75) is 6.42 Å². The molecule has 1 fully saturated rings. The van der Waals surface area contributed by atoms with Gasteiger partial charge in [-0.1, -0.05) is 0 Å². The first-order valence-corrected chi connectivity index (χ1v) is 4.23. The Hall–Kier alpha value is -0.0500. The van der Waals surface area contributed by atoms with Crippen LogP contribution in [-0.4, -0.2) is 22.8 Å². The van der Waals surface area contributed by atoms with E-state index in [0.29, 0.717) is 0 Å². The van der Waals surface area contributed by atoms with E-state index in [-0.39, 0.29) is 0 Å². The van der Waals surface area contributed by atoms with Crippen LogP contribution < -0.4 is 0 Å². The zero-order chi connectivity index (χ0) is 5.33. The van der Waals surface area contributed by atoms with Crippen LogP contribution in [-0.2, 0) is 9.73 Å². The Balaban J connectivity index is 2.82. The first-order valence-electron chi connectivity index (χ1n) is 2.37. The Bertz CT molecular complexity index is 157. The lowest BCUT2D eigenvalue weighted by molar-refractivity contribution is 0.662. The van der Waals surface area contributed by atoms with Crippen LogP contribution in [0.3, 0.4) is 0 Å². The SMILES string of the molecule is CN=S1(=O)CCC1. The van der Waals surface area contributed by atoms with Crippen LogP contribution in [0, 0.1) is 0 Å². The van der Waals surface area contributed by atoms with Gasteiger partial charge in [-0.3, -0.25) is 0 Å². The second kappa shape index (κ2) is 1.47. The van der Waals surface area contributed by atoms with Gasteiger partial charge >= 0.3 is 0 Å². The molecule has 0 spiro atoms. The fraction of sp³-hybridized carbons (Fsp3) is 1.00. The van der Waals surface area contributed by atoms with Crippen molar-refractivity contribution in [2.24, 2.45) is 4.36 Å².